The van der Waals surface area contributed by atoms with Crippen LogP contribution in [0.25, 0.3) is 23.1 Å². The Hall–Kier alpha value is -4.99. The molecule has 2 N–H and O–H groups in total. The van der Waals surface area contributed by atoms with Crippen LogP contribution < -0.4 is 9.47 Å². The number of carbonyl (C=O) groups is 2. The van der Waals surface area contributed by atoms with E-state index in [1.54, 1.807) is 47.9 Å². The average Bonchev–Trinajstić information content (AvgIpc) is 3.70. The van der Waals surface area contributed by atoms with Crippen molar-refractivity contribution in [3.05, 3.63) is 107 Å². The number of fused-ring (bicyclic) bond motifs is 1. The molecule has 10 heteroatoms. The summed E-state index contributed by atoms with van der Waals surface area (Å²) in [7, 11) is 0. The summed E-state index contributed by atoms with van der Waals surface area (Å²) < 4.78 is 54.7. The normalized spacial score (nSPS) is 14.0. The van der Waals surface area contributed by atoms with Gasteiger partial charge in [0.15, 0.2) is 11.6 Å². The third kappa shape index (κ3) is 7.39. The molecule has 234 valence electrons. The van der Waals surface area contributed by atoms with Crippen molar-refractivity contribution in [1.29, 1.82) is 0 Å². The molecule has 0 unspecified atom stereocenters. The Kier molecular flexibility index (Phi) is 9.32. The molecule has 5 rings (SSSR count). The van der Waals surface area contributed by atoms with E-state index >= 15 is 4.39 Å². The number of aromatic nitrogens is 1. The fourth-order valence-electron chi connectivity index (χ4n) is 5.52. The predicted octanol–water partition coefficient (Wildman–Crippen LogP) is 7.43. The maximum atomic E-state index is 15.3. The second kappa shape index (κ2) is 13.3. The molecular weight excluding hydrogens is 587 g/mol. The van der Waals surface area contributed by atoms with Gasteiger partial charge in [0.25, 0.3) is 0 Å². The summed E-state index contributed by atoms with van der Waals surface area (Å²) in [6.45, 7) is 1.68. The van der Waals surface area contributed by atoms with Crippen molar-refractivity contribution in [3.8, 4) is 11.5 Å². The van der Waals surface area contributed by atoms with Crippen LogP contribution in [0.15, 0.2) is 66.7 Å². The van der Waals surface area contributed by atoms with Crippen LogP contribution in [0.4, 0.5) is 13.2 Å². The van der Waals surface area contributed by atoms with Gasteiger partial charge in [0.1, 0.15) is 31.3 Å². The van der Waals surface area contributed by atoms with Gasteiger partial charge in [-0.15, -0.1) is 0 Å². The van der Waals surface area contributed by atoms with Crippen molar-refractivity contribution >= 4 is 35.0 Å². The van der Waals surface area contributed by atoms with Crippen LogP contribution in [-0.2, 0) is 22.6 Å². The zero-order valence-corrected chi connectivity index (χ0v) is 24.6. The molecule has 1 aromatic heterocycles. The zero-order valence-electron chi connectivity index (χ0n) is 24.6. The Bertz CT molecular complexity index is 1790. The lowest BCUT2D eigenvalue weighted by atomic mass is 9.91. The maximum absolute atomic E-state index is 15.3. The Labute approximate surface area is 257 Å². The third-order valence-corrected chi connectivity index (χ3v) is 8.00. The molecule has 7 nitrogen and oxygen atoms in total. The smallest absolute Gasteiger partial charge is 0.323 e. The number of ether oxygens (including phenoxy) is 2. The number of hydrogen-bond donors (Lipinski definition) is 2. The number of rotatable bonds is 14. The molecule has 0 amide bonds. The van der Waals surface area contributed by atoms with Gasteiger partial charge in [-0.25, -0.2) is 8.78 Å². The van der Waals surface area contributed by atoms with Crippen LogP contribution in [0, 0.1) is 29.8 Å². The summed E-state index contributed by atoms with van der Waals surface area (Å²) in [6.07, 6.45) is 8.78. The first-order chi connectivity index (χ1) is 21.6. The van der Waals surface area contributed by atoms with E-state index < -0.39 is 34.8 Å². The first-order valence-electron chi connectivity index (χ1n) is 14.4. The highest BCUT2D eigenvalue weighted by atomic mass is 19.2. The van der Waals surface area contributed by atoms with Crippen molar-refractivity contribution in [3.63, 3.8) is 0 Å². The fourth-order valence-corrected chi connectivity index (χ4v) is 5.52. The Morgan fingerprint density at radius 1 is 0.889 bits per heavy atom. The fraction of sp³-hybridized carbons (Fsp3) is 0.257. The van der Waals surface area contributed by atoms with E-state index in [2.05, 4.69) is 0 Å². The van der Waals surface area contributed by atoms with Gasteiger partial charge >= 0.3 is 11.9 Å². The largest absolute Gasteiger partial charge is 0.490 e. The second-order valence-electron chi connectivity index (χ2n) is 11.2. The first kappa shape index (κ1) is 31.4. The minimum Gasteiger partial charge on any atom is -0.490 e. The van der Waals surface area contributed by atoms with Crippen molar-refractivity contribution in [1.82, 2.24) is 4.57 Å². The number of carboxylic acids is 2. The molecule has 0 radical (unpaired) electrons. The molecule has 45 heavy (non-hydrogen) atoms. The van der Waals surface area contributed by atoms with Crippen molar-refractivity contribution < 1.29 is 42.4 Å². The lowest BCUT2D eigenvalue weighted by Gasteiger charge is -2.13. The van der Waals surface area contributed by atoms with E-state index in [1.807, 2.05) is 18.2 Å². The van der Waals surface area contributed by atoms with E-state index in [9.17, 15) is 28.6 Å². The number of hydrogen-bond acceptors (Lipinski definition) is 4. The topological polar surface area (TPSA) is 98.0 Å². The SMILES string of the molecule is Cc1c(CC2(CC(=O)O)CC2)c2c(F)ccc(/C=C/c3ccc(OC/C=C/COc4cccc(F)c4F)cc3)c2n1CC(=O)O. The molecule has 1 heterocycles. The van der Waals surface area contributed by atoms with Crippen LogP contribution >= 0.6 is 0 Å². The molecular formula is C35H32F3NO6. The molecule has 1 aliphatic carbocycles. The molecule has 0 bridgehead atoms. The Balaban J connectivity index is 1.28. The third-order valence-electron chi connectivity index (χ3n) is 8.00. The van der Waals surface area contributed by atoms with Crippen molar-refractivity contribution in [2.45, 2.75) is 39.2 Å². The van der Waals surface area contributed by atoms with Gasteiger partial charge in [-0.05, 0) is 96.8 Å². The highest BCUT2D eigenvalue weighted by Gasteiger charge is 2.45. The first-order valence-corrected chi connectivity index (χ1v) is 14.4. The van der Waals surface area contributed by atoms with Crippen LogP contribution in [0.3, 0.4) is 0 Å². The quantitative estimate of drug-likeness (QED) is 0.113. The number of benzene rings is 3. The minimum absolute atomic E-state index is 0.0124. The number of carboxylic acid groups (broad SMARTS) is 2. The van der Waals surface area contributed by atoms with Gasteiger partial charge in [0, 0.05) is 11.1 Å². The van der Waals surface area contributed by atoms with Crippen LogP contribution in [0.1, 0.15) is 41.6 Å². The van der Waals surface area contributed by atoms with Gasteiger partial charge in [-0.3, -0.25) is 9.59 Å². The Morgan fingerprint density at radius 2 is 1.60 bits per heavy atom. The molecule has 4 aromatic rings. The monoisotopic (exact) mass is 619 g/mol. The van der Waals surface area contributed by atoms with Crippen LogP contribution in [0.5, 0.6) is 11.5 Å². The van der Waals surface area contributed by atoms with E-state index in [4.69, 9.17) is 9.47 Å². The summed E-state index contributed by atoms with van der Waals surface area (Å²) in [5, 5.41) is 19.4. The van der Waals surface area contributed by atoms with Gasteiger partial charge in [-0.2, -0.15) is 4.39 Å². The highest BCUT2D eigenvalue weighted by molar-refractivity contribution is 5.95. The maximum Gasteiger partial charge on any atom is 0.323 e. The number of aliphatic carboxylic acids is 2. The van der Waals surface area contributed by atoms with E-state index in [-0.39, 0.29) is 31.9 Å². The van der Waals surface area contributed by atoms with Gasteiger partial charge in [0.2, 0.25) is 5.82 Å². The Morgan fingerprint density at radius 3 is 2.27 bits per heavy atom. The molecule has 0 spiro atoms. The molecule has 3 aromatic carbocycles. The summed E-state index contributed by atoms with van der Waals surface area (Å²) in [5.74, 6) is -4.01. The minimum atomic E-state index is -1.06. The summed E-state index contributed by atoms with van der Waals surface area (Å²) >= 11 is 0. The van der Waals surface area contributed by atoms with E-state index in [0.29, 0.717) is 39.9 Å². The van der Waals surface area contributed by atoms with Gasteiger partial charge in [0.05, 0.1) is 11.9 Å². The zero-order chi connectivity index (χ0) is 32.1. The van der Waals surface area contributed by atoms with E-state index in [0.717, 1.165) is 24.5 Å². The molecule has 0 saturated heterocycles. The molecule has 1 saturated carbocycles. The summed E-state index contributed by atoms with van der Waals surface area (Å²) in [6, 6.07) is 13.9. The van der Waals surface area contributed by atoms with E-state index in [1.165, 1.54) is 18.2 Å². The second-order valence-corrected chi connectivity index (χ2v) is 11.2. The van der Waals surface area contributed by atoms with Crippen molar-refractivity contribution in [2.24, 2.45) is 5.41 Å². The highest BCUT2D eigenvalue weighted by Crippen LogP contribution is 2.53. The number of nitrogens with zero attached hydrogens (tertiary/aromatic N) is 1. The summed E-state index contributed by atoms with van der Waals surface area (Å²) in [4.78, 5) is 23.2. The standard InChI is InChI=1S/C35H32F3NO6/c1-22-26(19-35(15-16-35)20-30(40)41)32-27(36)14-11-24(34(32)39(22)21-31(42)43)10-7-23-8-12-25(13-9-23)44-17-2-3-18-45-29-6-4-5-28(37)33(29)38/h2-14H,15-21H2,1H3,(H,40,41)(H,42,43)/b3-2+,10-7+. The number of halogens is 3. The average molecular weight is 620 g/mol. The summed E-state index contributed by atoms with van der Waals surface area (Å²) in [5.41, 5.74) is 2.76. The van der Waals surface area contributed by atoms with Crippen LogP contribution in [-0.4, -0.2) is 39.9 Å². The molecule has 0 atom stereocenters. The molecule has 0 aliphatic heterocycles. The molecule has 1 fully saturated rings. The van der Waals surface area contributed by atoms with Crippen molar-refractivity contribution in [2.75, 3.05) is 13.2 Å². The van der Waals surface area contributed by atoms with Gasteiger partial charge < -0.3 is 24.3 Å². The lowest BCUT2D eigenvalue weighted by Crippen LogP contribution is -2.13. The van der Waals surface area contributed by atoms with Gasteiger partial charge in [-0.1, -0.05) is 30.4 Å². The predicted molar refractivity (Wildman–Crippen MR) is 164 cm³/mol. The lowest BCUT2D eigenvalue weighted by molar-refractivity contribution is -0.139. The van der Waals surface area contributed by atoms with Crippen LogP contribution in [0.2, 0.25) is 0 Å². The molecule has 1 aliphatic rings.